The van der Waals surface area contributed by atoms with Crippen LogP contribution in [-0.4, -0.2) is 19.5 Å². The van der Waals surface area contributed by atoms with E-state index >= 15 is 0 Å². The summed E-state index contributed by atoms with van der Waals surface area (Å²) in [6.45, 7) is 6.60. The molecule has 1 rings (SSSR count). The molecule has 0 N–H and O–H groups in total. The minimum atomic E-state index is 0.0948. The van der Waals surface area contributed by atoms with Gasteiger partial charge in [-0.05, 0) is 6.92 Å². The Morgan fingerprint density at radius 3 is 2.07 bits per heavy atom. The zero-order chi connectivity index (χ0) is 11.7. The molecule has 0 fully saturated rings. The molecule has 0 heterocycles. The molecule has 0 saturated carbocycles. The zero-order valence-corrected chi connectivity index (χ0v) is 9.99. The van der Waals surface area contributed by atoms with Gasteiger partial charge in [0.05, 0.1) is 0 Å². The molecule has 0 radical (unpaired) electrons. The average Bonchev–Trinajstić information content (AvgIpc) is 2.29. The van der Waals surface area contributed by atoms with Gasteiger partial charge >= 0.3 is 0 Å². The van der Waals surface area contributed by atoms with E-state index in [1.807, 2.05) is 51.1 Å². The second kappa shape index (κ2) is 8.18. The van der Waals surface area contributed by atoms with Crippen LogP contribution in [0.4, 0.5) is 0 Å². The highest BCUT2D eigenvalue weighted by Crippen LogP contribution is 2.06. The molecule has 0 aromatic heterocycles. The first-order valence-corrected chi connectivity index (χ1v) is 5.21. The van der Waals surface area contributed by atoms with Crippen molar-refractivity contribution in [3.05, 3.63) is 35.9 Å². The fraction of sp³-hybridized carbons (Fsp3) is 0.462. The van der Waals surface area contributed by atoms with Gasteiger partial charge in [-0.15, -0.1) is 0 Å². The smallest absolute Gasteiger partial charge is 0.165 e. The molecule has 0 aliphatic rings. The van der Waals surface area contributed by atoms with E-state index in [1.54, 1.807) is 7.11 Å². The Morgan fingerprint density at radius 2 is 1.73 bits per heavy atom. The fourth-order valence-electron chi connectivity index (χ4n) is 0.936. The molecule has 2 heteroatoms. The number of hydrogen-bond donors (Lipinski definition) is 0. The van der Waals surface area contributed by atoms with Crippen LogP contribution in [0, 0.1) is 5.92 Å². The Morgan fingerprint density at radius 1 is 1.27 bits per heavy atom. The molecular formula is C13H20O2. The number of ether oxygens (including phenoxy) is 1. The lowest BCUT2D eigenvalue weighted by Crippen LogP contribution is -2.06. The molecule has 0 saturated heterocycles. The van der Waals surface area contributed by atoms with E-state index in [-0.39, 0.29) is 11.7 Å². The van der Waals surface area contributed by atoms with E-state index in [4.69, 9.17) is 0 Å². The lowest BCUT2D eigenvalue weighted by Gasteiger charge is -2.01. The Bertz CT molecular complexity index is 263. The lowest BCUT2D eigenvalue weighted by molar-refractivity contribution is 0.0939. The van der Waals surface area contributed by atoms with Crippen molar-refractivity contribution in [1.82, 2.24) is 0 Å². The second-order valence-corrected chi connectivity index (χ2v) is 3.46. The molecule has 0 aliphatic heterocycles. The molecule has 0 bridgehead atoms. The summed E-state index contributed by atoms with van der Waals surface area (Å²) in [4.78, 5) is 11.3. The van der Waals surface area contributed by atoms with Crippen LogP contribution in [0.5, 0.6) is 0 Å². The van der Waals surface area contributed by atoms with E-state index < -0.39 is 0 Å². The van der Waals surface area contributed by atoms with E-state index in [2.05, 4.69) is 4.74 Å². The molecule has 0 amide bonds. The van der Waals surface area contributed by atoms with Crippen LogP contribution in [0.2, 0.25) is 0 Å². The molecule has 15 heavy (non-hydrogen) atoms. The second-order valence-electron chi connectivity index (χ2n) is 3.46. The molecule has 84 valence electrons. The summed E-state index contributed by atoms with van der Waals surface area (Å²) in [6.07, 6.45) is 0. The summed E-state index contributed by atoms with van der Waals surface area (Å²) in [5.41, 5.74) is 0.808. The first-order chi connectivity index (χ1) is 7.13. The summed E-state index contributed by atoms with van der Waals surface area (Å²) in [6, 6.07) is 9.38. The van der Waals surface area contributed by atoms with Crippen LogP contribution in [-0.2, 0) is 4.74 Å². The molecular weight excluding hydrogens is 188 g/mol. The van der Waals surface area contributed by atoms with E-state index in [0.717, 1.165) is 12.2 Å². The van der Waals surface area contributed by atoms with Gasteiger partial charge in [0.2, 0.25) is 0 Å². The summed E-state index contributed by atoms with van der Waals surface area (Å²) in [7, 11) is 1.68. The van der Waals surface area contributed by atoms with Crippen molar-refractivity contribution in [2.75, 3.05) is 13.7 Å². The van der Waals surface area contributed by atoms with Crippen molar-refractivity contribution in [3.63, 3.8) is 0 Å². The minimum absolute atomic E-state index is 0.0948. The van der Waals surface area contributed by atoms with Gasteiger partial charge in [0.25, 0.3) is 0 Å². The Balaban J connectivity index is 0.000000423. The predicted molar refractivity (Wildman–Crippen MR) is 63.2 cm³/mol. The van der Waals surface area contributed by atoms with Gasteiger partial charge in [-0.1, -0.05) is 44.2 Å². The highest BCUT2D eigenvalue weighted by Gasteiger charge is 2.08. The predicted octanol–water partition coefficient (Wildman–Crippen LogP) is 3.18. The molecule has 1 aromatic carbocycles. The van der Waals surface area contributed by atoms with Crippen LogP contribution in [0.15, 0.2) is 30.3 Å². The third kappa shape index (κ3) is 6.02. The topological polar surface area (TPSA) is 26.3 Å². The quantitative estimate of drug-likeness (QED) is 0.713. The molecule has 0 aliphatic carbocycles. The Labute approximate surface area is 92.3 Å². The normalized spacial score (nSPS) is 9.40. The summed E-state index contributed by atoms with van der Waals surface area (Å²) >= 11 is 0. The van der Waals surface area contributed by atoms with Crippen molar-refractivity contribution < 1.29 is 9.53 Å². The molecule has 2 nitrogen and oxygen atoms in total. The summed E-state index contributed by atoms with van der Waals surface area (Å²) in [5.74, 6) is 0.308. The van der Waals surface area contributed by atoms with Gasteiger partial charge in [-0.3, -0.25) is 4.79 Å². The van der Waals surface area contributed by atoms with E-state index in [9.17, 15) is 4.79 Å². The lowest BCUT2D eigenvalue weighted by atomic mass is 10.0. The van der Waals surface area contributed by atoms with Gasteiger partial charge in [0.1, 0.15) is 0 Å². The number of hydrogen-bond acceptors (Lipinski definition) is 2. The van der Waals surface area contributed by atoms with Gasteiger partial charge < -0.3 is 4.74 Å². The largest absolute Gasteiger partial charge is 0.385 e. The Kier molecular flexibility index (Phi) is 7.56. The minimum Gasteiger partial charge on any atom is -0.385 e. The maximum atomic E-state index is 11.3. The number of carbonyl (C=O) groups excluding carboxylic acids is 1. The van der Waals surface area contributed by atoms with Crippen LogP contribution in [0.25, 0.3) is 0 Å². The van der Waals surface area contributed by atoms with Crippen molar-refractivity contribution in [3.8, 4) is 0 Å². The first-order valence-electron chi connectivity index (χ1n) is 5.21. The van der Waals surface area contributed by atoms with Crippen LogP contribution < -0.4 is 0 Å². The average molecular weight is 208 g/mol. The maximum absolute atomic E-state index is 11.3. The van der Waals surface area contributed by atoms with Crippen molar-refractivity contribution >= 4 is 5.78 Å². The Hall–Kier alpha value is -1.15. The maximum Gasteiger partial charge on any atom is 0.165 e. The van der Waals surface area contributed by atoms with Gasteiger partial charge in [-0.25, -0.2) is 0 Å². The summed E-state index contributed by atoms with van der Waals surface area (Å²) < 4.78 is 4.54. The van der Waals surface area contributed by atoms with Crippen LogP contribution in [0.3, 0.4) is 0 Å². The van der Waals surface area contributed by atoms with Crippen molar-refractivity contribution in [2.45, 2.75) is 20.8 Å². The van der Waals surface area contributed by atoms with Gasteiger partial charge in [0.15, 0.2) is 5.78 Å². The number of carbonyl (C=O) groups is 1. The van der Waals surface area contributed by atoms with Crippen molar-refractivity contribution in [2.24, 2.45) is 5.92 Å². The summed E-state index contributed by atoms with van der Waals surface area (Å²) in [5, 5.41) is 0. The molecule has 0 unspecified atom stereocenters. The highest BCUT2D eigenvalue weighted by molar-refractivity contribution is 5.97. The monoisotopic (exact) mass is 208 g/mol. The number of methoxy groups -OCH3 is 1. The standard InChI is InChI=1S/C10H12O.C3H8O/c1-8(2)10(11)9-6-4-3-5-7-9;1-3-4-2/h3-8H,1-2H3;3H2,1-2H3. The number of ketones is 1. The van der Waals surface area contributed by atoms with Crippen molar-refractivity contribution in [1.29, 1.82) is 0 Å². The number of rotatable bonds is 3. The number of Topliss-reactive ketones (excluding diaryl/α,β-unsaturated/α-hetero) is 1. The van der Waals surface area contributed by atoms with E-state index in [0.29, 0.717) is 0 Å². The number of benzene rings is 1. The van der Waals surface area contributed by atoms with Gasteiger partial charge in [0, 0.05) is 25.2 Å². The van der Waals surface area contributed by atoms with Crippen LogP contribution >= 0.6 is 0 Å². The van der Waals surface area contributed by atoms with Gasteiger partial charge in [-0.2, -0.15) is 0 Å². The van der Waals surface area contributed by atoms with Crippen LogP contribution in [0.1, 0.15) is 31.1 Å². The highest BCUT2D eigenvalue weighted by atomic mass is 16.5. The molecule has 0 spiro atoms. The fourth-order valence-corrected chi connectivity index (χ4v) is 0.936. The zero-order valence-electron chi connectivity index (χ0n) is 9.99. The first kappa shape index (κ1) is 13.8. The molecule has 1 aromatic rings. The van der Waals surface area contributed by atoms with E-state index in [1.165, 1.54) is 0 Å². The third-order valence-corrected chi connectivity index (χ3v) is 1.87. The SMILES string of the molecule is CC(C)C(=O)c1ccccc1.CCOC. The molecule has 0 atom stereocenters. The third-order valence-electron chi connectivity index (χ3n) is 1.87.